The highest BCUT2D eigenvalue weighted by Crippen LogP contribution is 2.28. The minimum atomic E-state index is -0.558. The second kappa shape index (κ2) is 7.59. The van der Waals surface area contributed by atoms with Crippen LogP contribution in [0, 0.1) is 0 Å². The van der Waals surface area contributed by atoms with Gasteiger partial charge in [0.2, 0.25) is 0 Å². The van der Waals surface area contributed by atoms with Crippen LogP contribution in [0.2, 0.25) is 0 Å². The van der Waals surface area contributed by atoms with Crippen molar-refractivity contribution in [2.75, 3.05) is 5.32 Å². The average Bonchev–Trinajstić information content (AvgIpc) is 3.05. The Kier molecular flexibility index (Phi) is 4.84. The van der Waals surface area contributed by atoms with Gasteiger partial charge < -0.3 is 4.74 Å². The summed E-state index contributed by atoms with van der Waals surface area (Å²) in [7, 11) is 0. The Morgan fingerprint density at radius 3 is 2.67 bits per heavy atom. The lowest BCUT2D eigenvalue weighted by atomic mass is 10.2. The Hall–Kier alpha value is -3.19. The largest absolute Gasteiger partial charge is 0.444 e. The van der Waals surface area contributed by atoms with E-state index in [-0.39, 0.29) is 6.61 Å². The molecule has 3 heterocycles. The molecule has 3 aromatic heterocycles. The number of hydrogen-bond donors (Lipinski definition) is 1. The van der Waals surface area contributed by atoms with Crippen LogP contribution in [-0.4, -0.2) is 20.5 Å². The van der Waals surface area contributed by atoms with Crippen molar-refractivity contribution in [1.82, 2.24) is 14.4 Å². The van der Waals surface area contributed by atoms with Crippen molar-refractivity contribution in [2.45, 2.75) is 6.61 Å². The van der Waals surface area contributed by atoms with Gasteiger partial charge in [0.05, 0.1) is 5.69 Å². The molecule has 0 unspecified atom stereocenters. The van der Waals surface area contributed by atoms with E-state index in [0.717, 1.165) is 10.0 Å². The molecule has 0 aliphatic heterocycles. The molecule has 1 aromatic carbocycles. The molecule has 134 valence electrons. The van der Waals surface area contributed by atoms with E-state index in [2.05, 4.69) is 31.2 Å². The molecule has 6 nitrogen and oxygen atoms in total. The van der Waals surface area contributed by atoms with E-state index in [4.69, 9.17) is 4.74 Å². The predicted octanol–water partition coefficient (Wildman–Crippen LogP) is 4.91. The molecule has 4 aromatic rings. The number of carbonyl (C=O) groups is 1. The van der Waals surface area contributed by atoms with Gasteiger partial charge in [-0.15, -0.1) is 0 Å². The second-order valence-electron chi connectivity index (χ2n) is 5.79. The quantitative estimate of drug-likeness (QED) is 0.507. The Bertz CT molecular complexity index is 1080. The first-order chi connectivity index (χ1) is 13.2. The lowest BCUT2D eigenvalue weighted by Crippen LogP contribution is -2.15. The minimum absolute atomic E-state index is 0.187. The number of nitrogens with zero attached hydrogens (tertiary/aromatic N) is 3. The molecule has 1 N–H and O–H groups in total. The topological polar surface area (TPSA) is 68.5 Å². The molecule has 0 aliphatic carbocycles. The maximum atomic E-state index is 12.4. The molecule has 0 fully saturated rings. The molecular formula is C20H15BrN4O2. The first kappa shape index (κ1) is 17.2. The second-order valence-corrected chi connectivity index (χ2v) is 6.70. The summed E-state index contributed by atoms with van der Waals surface area (Å²) in [6.45, 7) is 0.187. The smallest absolute Gasteiger partial charge is 0.413 e. The van der Waals surface area contributed by atoms with Crippen LogP contribution in [0.25, 0.3) is 17.0 Å². The summed E-state index contributed by atoms with van der Waals surface area (Å²) in [6.07, 6.45) is 2.96. The lowest BCUT2D eigenvalue weighted by Gasteiger charge is -2.09. The molecular weight excluding hydrogens is 408 g/mol. The van der Waals surface area contributed by atoms with E-state index in [0.29, 0.717) is 22.9 Å². The molecule has 0 bridgehead atoms. The summed E-state index contributed by atoms with van der Waals surface area (Å²) in [5.74, 6) is 0.503. The SMILES string of the molecule is O=C(Nc1c(-c2ccccn2)nc2ccc(Br)cn12)OCc1ccccc1. The van der Waals surface area contributed by atoms with Crippen LogP contribution >= 0.6 is 15.9 Å². The van der Waals surface area contributed by atoms with Gasteiger partial charge in [-0.05, 0) is 45.8 Å². The molecule has 27 heavy (non-hydrogen) atoms. The molecule has 4 rings (SSSR count). The third-order valence-electron chi connectivity index (χ3n) is 3.92. The molecule has 7 heteroatoms. The van der Waals surface area contributed by atoms with Crippen LogP contribution in [0.15, 0.2) is 77.5 Å². The van der Waals surface area contributed by atoms with Crippen molar-refractivity contribution < 1.29 is 9.53 Å². The number of carbonyl (C=O) groups excluding carboxylic acids is 1. The molecule has 0 spiro atoms. The van der Waals surface area contributed by atoms with Crippen molar-refractivity contribution in [3.05, 3.63) is 83.1 Å². The maximum Gasteiger partial charge on any atom is 0.413 e. The Labute approximate surface area is 164 Å². The number of aromatic nitrogens is 3. The van der Waals surface area contributed by atoms with Gasteiger partial charge in [0.25, 0.3) is 0 Å². The number of pyridine rings is 2. The Morgan fingerprint density at radius 2 is 1.89 bits per heavy atom. The van der Waals surface area contributed by atoms with Crippen LogP contribution in [0.1, 0.15) is 5.56 Å². The molecule has 0 radical (unpaired) electrons. The number of ether oxygens (including phenoxy) is 1. The summed E-state index contributed by atoms with van der Waals surface area (Å²) in [4.78, 5) is 21.3. The summed E-state index contributed by atoms with van der Waals surface area (Å²) < 4.78 is 8.00. The van der Waals surface area contributed by atoms with E-state index < -0.39 is 6.09 Å². The van der Waals surface area contributed by atoms with Gasteiger partial charge in [0.1, 0.15) is 23.8 Å². The number of hydrogen-bond acceptors (Lipinski definition) is 4. The highest BCUT2D eigenvalue weighted by Gasteiger charge is 2.18. The summed E-state index contributed by atoms with van der Waals surface area (Å²) in [5, 5.41) is 2.81. The van der Waals surface area contributed by atoms with E-state index in [1.54, 1.807) is 10.6 Å². The summed E-state index contributed by atoms with van der Waals surface area (Å²) in [6, 6.07) is 18.8. The highest BCUT2D eigenvalue weighted by atomic mass is 79.9. The zero-order valence-electron chi connectivity index (χ0n) is 14.2. The van der Waals surface area contributed by atoms with Gasteiger partial charge in [-0.1, -0.05) is 36.4 Å². The average molecular weight is 423 g/mol. The van der Waals surface area contributed by atoms with Crippen molar-refractivity contribution in [3.8, 4) is 11.4 Å². The Morgan fingerprint density at radius 1 is 1.07 bits per heavy atom. The van der Waals surface area contributed by atoms with Crippen molar-refractivity contribution in [3.63, 3.8) is 0 Å². The standard InChI is InChI=1S/C20H15BrN4O2/c21-15-9-10-17-23-18(16-8-4-5-11-22-16)19(25(17)12-15)24-20(26)27-13-14-6-2-1-3-7-14/h1-12H,13H2,(H,24,26). The summed E-state index contributed by atoms with van der Waals surface area (Å²) in [5.41, 5.74) is 2.84. The number of fused-ring (bicyclic) bond motifs is 1. The van der Waals surface area contributed by atoms with Crippen molar-refractivity contribution >= 4 is 33.5 Å². The number of anilines is 1. The first-order valence-electron chi connectivity index (χ1n) is 8.27. The highest BCUT2D eigenvalue weighted by molar-refractivity contribution is 9.10. The van der Waals surface area contributed by atoms with Crippen LogP contribution < -0.4 is 5.32 Å². The van der Waals surface area contributed by atoms with Gasteiger partial charge in [-0.25, -0.2) is 9.78 Å². The van der Waals surface area contributed by atoms with Gasteiger partial charge in [-0.3, -0.25) is 14.7 Å². The van der Waals surface area contributed by atoms with Crippen molar-refractivity contribution in [1.29, 1.82) is 0 Å². The molecule has 0 atom stereocenters. The fourth-order valence-corrected chi connectivity index (χ4v) is 3.01. The van der Waals surface area contributed by atoms with E-state index in [9.17, 15) is 4.79 Å². The van der Waals surface area contributed by atoms with Crippen molar-refractivity contribution in [2.24, 2.45) is 0 Å². The predicted molar refractivity (Wildman–Crippen MR) is 106 cm³/mol. The number of benzene rings is 1. The first-order valence-corrected chi connectivity index (χ1v) is 9.07. The maximum absolute atomic E-state index is 12.4. The molecule has 1 amide bonds. The Balaban J connectivity index is 1.65. The number of amides is 1. The van der Waals surface area contributed by atoms with Crippen LogP contribution in [0.3, 0.4) is 0 Å². The third kappa shape index (κ3) is 3.83. The van der Waals surface area contributed by atoms with E-state index in [1.807, 2.05) is 66.9 Å². The van der Waals surface area contributed by atoms with E-state index >= 15 is 0 Å². The minimum Gasteiger partial charge on any atom is -0.444 e. The zero-order valence-corrected chi connectivity index (χ0v) is 15.8. The third-order valence-corrected chi connectivity index (χ3v) is 4.39. The number of rotatable bonds is 4. The lowest BCUT2D eigenvalue weighted by molar-refractivity contribution is 0.155. The zero-order chi connectivity index (χ0) is 18.6. The fraction of sp³-hybridized carbons (Fsp3) is 0.0500. The molecule has 0 aliphatic rings. The molecule has 0 saturated carbocycles. The molecule has 0 saturated heterocycles. The van der Waals surface area contributed by atoms with E-state index in [1.165, 1.54) is 0 Å². The number of halogens is 1. The van der Waals surface area contributed by atoms with Crippen LogP contribution in [-0.2, 0) is 11.3 Å². The fourth-order valence-electron chi connectivity index (χ4n) is 2.68. The van der Waals surface area contributed by atoms with Gasteiger partial charge in [-0.2, -0.15) is 0 Å². The monoisotopic (exact) mass is 422 g/mol. The van der Waals surface area contributed by atoms with Gasteiger partial charge >= 0.3 is 6.09 Å². The number of nitrogens with one attached hydrogen (secondary N) is 1. The van der Waals surface area contributed by atoms with Gasteiger partial charge in [0, 0.05) is 16.9 Å². The summed E-state index contributed by atoms with van der Waals surface area (Å²) >= 11 is 3.45. The normalized spacial score (nSPS) is 10.7. The van der Waals surface area contributed by atoms with Crippen LogP contribution in [0.5, 0.6) is 0 Å². The van der Waals surface area contributed by atoms with Crippen LogP contribution in [0.4, 0.5) is 10.6 Å². The van der Waals surface area contributed by atoms with Gasteiger partial charge in [0.15, 0.2) is 0 Å². The number of imidazole rings is 1.